The predicted octanol–water partition coefficient (Wildman–Crippen LogP) is 7.62. The zero-order chi connectivity index (χ0) is 25.2. The summed E-state index contributed by atoms with van der Waals surface area (Å²) in [7, 11) is 0. The number of anilines is 2. The second-order valence-corrected chi connectivity index (χ2v) is 9.64. The van der Waals surface area contributed by atoms with Gasteiger partial charge in [0, 0.05) is 33.2 Å². The third-order valence-electron chi connectivity index (χ3n) is 6.15. The Kier molecular flexibility index (Phi) is 5.92. The average molecular weight is 500 g/mol. The molecule has 2 amide bonds. The van der Waals surface area contributed by atoms with Crippen molar-refractivity contribution in [2.45, 2.75) is 0 Å². The minimum atomic E-state index is -0.206. The van der Waals surface area contributed by atoms with Crippen LogP contribution in [0.15, 0.2) is 115 Å². The number of nitrogens with zero attached hydrogens (tertiary/aromatic N) is 1. The van der Waals surface area contributed by atoms with Crippen LogP contribution in [0.3, 0.4) is 0 Å². The van der Waals surface area contributed by atoms with Crippen LogP contribution in [-0.2, 0) is 0 Å². The maximum atomic E-state index is 13.1. The molecule has 5 nitrogen and oxygen atoms in total. The van der Waals surface area contributed by atoms with E-state index in [1.807, 2.05) is 103 Å². The molecule has 0 fully saturated rings. The van der Waals surface area contributed by atoms with Crippen LogP contribution in [0, 0.1) is 0 Å². The summed E-state index contributed by atoms with van der Waals surface area (Å²) in [6.07, 6.45) is 1.64. The molecule has 0 bridgehead atoms. The van der Waals surface area contributed by atoms with E-state index in [2.05, 4.69) is 15.6 Å². The van der Waals surface area contributed by atoms with E-state index in [0.717, 1.165) is 32.1 Å². The summed E-state index contributed by atoms with van der Waals surface area (Å²) < 4.78 is 1.08. The fourth-order valence-electron chi connectivity index (χ4n) is 4.38. The van der Waals surface area contributed by atoms with Crippen molar-refractivity contribution in [3.63, 3.8) is 0 Å². The molecule has 0 atom stereocenters. The molecule has 0 aliphatic rings. The molecule has 178 valence electrons. The van der Waals surface area contributed by atoms with Crippen molar-refractivity contribution in [3.8, 4) is 11.1 Å². The first-order chi connectivity index (χ1) is 18.2. The number of hydrogen-bond donors (Lipinski definition) is 2. The van der Waals surface area contributed by atoms with Crippen LogP contribution in [0.25, 0.3) is 32.1 Å². The van der Waals surface area contributed by atoms with Crippen LogP contribution >= 0.6 is 11.3 Å². The fourth-order valence-corrected chi connectivity index (χ4v) is 5.34. The standard InChI is InChI=1S/C31H21N3O2S/c35-30(25-16-17-32-26-13-4-3-12-24(25)26)33-22-10-7-9-20(18-22)23-11-2-5-14-27(23)34-31(36)29-19-21-8-1-6-15-28(21)37-29/h1-19H,(H,33,35)(H,34,36). The molecule has 37 heavy (non-hydrogen) atoms. The number of fused-ring (bicyclic) bond motifs is 2. The Bertz CT molecular complexity index is 1750. The maximum absolute atomic E-state index is 13.1. The van der Waals surface area contributed by atoms with Crippen LogP contribution in [-0.4, -0.2) is 16.8 Å². The van der Waals surface area contributed by atoms with Gasteiger partial charge >= 0.3 is 0 Å². The summed E-state index contributed by atoms with van der Waals surface area (Å²) in [6, 6.07) is 34.4. The lowest BCUT2D eigenvalue weighted by Crippen LogP contribution is -2.13. The molecular formula is C31H21N3O2S. The monoisotopic (exact) mass is 499 g/mol. The summed E-state index contributed by atoms with van der Waals surface area (Å²) in [5.41, 5.74) is 4.44. The molecule has 6 aromatic rings. The summed E-state index contributed by atoms with van der Waals surface area (Å²) in [5.74, 6) is -0.357. The average Bonchev–Trinajstić information content (AvgIpc) is 3.38. The molecule has 0 saturated heterocycles. The maximum Gasteiger partial charge on any atom is 0.265 e. The van der Waals surface area contributed by atoms with Crippen molar-refractivity contribution >= 4 is 55.5 Å². The smallest absolute Gasteiger partial charge is 0.265 e. The van der Waals surface area contributed by atoms with E-state index >= 15 is 0 Å². The van der Waals surface area contributed by atoms with Gasteiger partial charge in [-0.15, -0.1) is 11.3 Å². The quantitative estimate of drug-likeness (QED) is 0.256. The highest BCUT2D eigenvalue weighted by molar-refractivity contribution is 7.20. The molecule has 0 aliphatic carbocycles. The number of aromatic nitrogens is 1. The molecule has 2 aromatic heterocycles. The second kappa shape index (κ2) is 9.68. The number of nitrogens with one attached hydrogen (secondary N) is 2. The Balaban J connectivity index is 1.27. The third kappa shape index (κ3) is 4.58. The van der Waals surface area contributed by atoms with Gasteiger partial charge in [-0.25, -0.2) is 0 Å². The highest BCUT2D eigenvalue weighted by Crippen LogP contribution is 2.32. The van der Waals surface area contributed by atoms with Gasteiger partial charge in [0.2, 0.25) is 0 Å². The Morgan fingerprint density at radius 3 is 2.43 bits per heavy atom. The van der Waals surface area contributed by atoms with Gasteiger partial charge in [-0.3, -0.25) is 14.6 Å². The Morgan fingerprint density at radius 1 is 0.703 bits per heavy atom. The van der Waals surface area contributed by atoms with Crippen LogP contribution in [0.5, 0.6) is 0 Å². The van der Waals surface area contributed by atoms with Crippen LogP contribution in [0.2, 0.25) is 0 Å². The largest absolute Gasteiger partial charge is 0.322 e. The topological polar surface area (TPSA) is 71.1 Å². The van der Waals surface area contributed by atoms with Gasteiger partial charge in [-0.1, -0.05) is 66.7 Å². The van der Waals surface area contributed by atoms with E-state index in [9.17, 15) is 9.59 Å². The number of para-hydroxylation sites is 2. The van der Waals surface area contributed by atoms with Crippen LogP contribution in [0.1, 0.15) is 20.0 Å². The van der Waals surface area contributed by atoms with Gasteiger partial charge in [0.15, 0.2) is 0 Å². The predicted molar refractivity (Wildman–Crippen MR) is 151 cm³/mol. The van der Waals surface area contributed by atoms with Crippen molar-refractivity contribution < 1.29 is 9.59 Å². The first-order valence-electron chi connectivity index (χ1n) is 11.8. The molecule has 0 unspecified atom stereocenters. The number of hydrogen-bond acceptors (Lipinski definition) is 4. The van der Waals surface area contributed by atoms with Crippen molar-refractivity contribution in [2.24, 2.45) is 0 Å². The normalized spacial score (nSPS) is 10.9. The van der Waals surface area contributed by atoms with E-state index in [1.54, 1.807) is 12.3 Å². The van der Waals surface area contributed by atoms with Crippen LogP contribution < -0.4 is 10.6 Å². The van der Waals surface area contributed by atoms with Gasteiger partial charge in [-0.2, -0.15) is 0 Å². The number of benzene rings is 4. The van der Waals surface area contributed by atoms with Gasteiger partial charge in [0.25, 0.3) is 11.8 Å². The second-order valence-electron chi connectivity index (χ2n) is 8.56. The van der Waals surface area contributed by atoms with E-state index in [1.165, 1.54) is 11.3 Å². The minimum Gasteiger partial charge on any atom is -0.322 e. The molecule has 4 aromatic carbocycles. The highest BCUT2D eigenvalue weighted by atomic mass is 32.1. The van der Waals surface area contributed by atoms with Crippen molar-refractivity contribution in [3.05, 3.63) is 126 Å². The van der Waals surface area contributed by atoms with E-state index in [0.29, 0.717) is 21.8 Å². The van der Waals surface area contributed by atoms with E-state index in [4.69, 9.17) is 0 Å². The summed E-state index contributed by atoms with van der Waals surface area (Å²) in [5, 5.41) is 7.93. The molecule has 0 aliphatic heterocycles. The zero-order valence-electron chi connectivity index (χ0n) is 19.6. The summed E-state index contributed by atoms with van der Waals surface area (Å²) >= 11 is 1.47. The number of amides is 2. The molecule has 2 N–H and O–H groups in total. The zero-order valence-corrected chi connectivity index (χ0v) is 20.5. The fraction of sp³-hybridized carbons (Fsp3) is 0. The van der Waals surface area contributed by atoms with Gasteiger partial charge < -0.3 is 10.6 Å². The molecule has 0 radical (unpaired) electrons. The van der Waals surface area contributed by atoms with Crippen LogP contribution in [0.4, 0.5) is 11.4 Å². The number of rotatable bonds is 5. The van der Waals surface area contributed by atoms with E-state index in [-0.39, 0.29) is 11.8 Å². The number of thiophene rings is 1. The minimum absolute atomic E-state index is 0.150. The number of carbonyl (C=O) groups excluding carboxylic acids is 2. The number of pyridine rings is 1. The molecule has 6 rings (SSSR count). The SMILES string of the molecule is O=C(Nc1ccccc1-c1cccc(NC(=O)c2ccnc3ccccc23)c1)c1cc2ccccc2s1. The van der Waals surface area contributed by atoms with E-state index < -0.39 is 0 Å². The van der Waals surface area contributed by atoms with Crippen molar-refractivity contribution in [2.75, 3.05) is 10.6 Å². The van der Waals surface area contributed by atoms with Crippen molar-refractivity contribution in [1.29, 1.82) is 0 Å². The molecule has 0 spiro atoms. The molecule has 6 heteroatoms. The lowest BCUT2D eigenvalue weighted by Gasteiger charge is -2.13. The first kappa shape index (κ1) is 22.6. The van der Waals surface area contributed by atoms with Gasteiger partial charge in [0.1, 0.15) is 0 Å². The third-order valence-corrected chi connectivity index (χ3v) is 7.26. The molecule has 2 heterocycles. The van der Waals surface area contributed by atoms with Gasteiger partial charge in [0.05, 0.1) is 16.0 Å². The highest BCUT2D eigenvalue weighted by Gasteiger charge is 2.15. The number of carbonyl (C=O) groups is 2. The molecular weight excluding hydrogens is 478 g/mol. The Labute approximate surface area is 217 Å². The summed E-state index contributed by atoms with van der Waals surface area (Å²) in [6.45, 7) is 0. The lowest BCUT2D eigenvalue weighted by molar-refractivity contribution is 0.102. The summed E-state index contributed by atoms with van der Waals surface area (Å²) in [4.78, 5) is 31.2. The Morgan fingerprint density at radius 2 is 1.51 bits per heavy atom. The van der Waals surface area contributed by atoms with Gasteiger partial charge in [-0.05, 0) is 53.4 Å². The molecule has 0 saturated carbocycles. The Hall–Kier alpha value is -4.81. The lowest BCUT2D eigenvalue weighted by atomic mass is 10.0. The first-order valence-corrected chi connectivity index (χ1v) is 12.6. The van der Waals surface area contributed by atoms with Crippen molar-refractivity contribution in [1.82, 2.24) is 4.98 Å².